The highest BCUT2D eigenvalue weighted by atomic mass is 16.1. The third-order valence-electron chi connectivity index (χ3n) is 5.03. The Bertz CT molecular complexity index is 377. The Morgan fingerprint density at radius 2 is 2.19 bits per heavy atom. The predicted molar refractivity (Wildman–Crippen MR) is 65.0 cm³/mol. The molecule has 1 saturated carbocycles. The van der Waals surface area contributed by atoms with Crippen molar-refractivity contribution in [2.75, 3.05) is 0 Å². The van der Waals surface area contributed by atoms with E-state index in [-0.39, 0.29) is 0 Å². The summed E-state index contributed by atoms with van der Waals surface area (Å²) in [6.07, 6.45) is 13.5. The Labute approximate surface area is 97.6 Å². The predicted octanol–water partition coefficient (Wildman–Crippen LogP) is 3.66. The van der Waals surface area contributed by atoms with Crippen molar-refractivity contribution in [3.8, 4) is 0 Å². The van der Waals surface area contributed by atoms with Gasteiger partial charge in [-0.05, 0) is 55.4 Å². The van der Waals surface area contributed by atoms with Gasteiger partial charge in [-0.3, -0.25) is 4.79 Å². The van der Waals surface area contributed by atoms with Crippen molar-refractivity contribution in [3.05, 3.63) is 23.8 Å². The SMILES string of the molecule is C[C@]12CC=CC[C@H]1[C@@H]1CCC(=O)C=C1CC2. The molecule has 0 saturated heterocycles. The highest BCUT2D eigenvalue weighted by Crippen LogP contribution is 2.54. The molecule has 0 aliphatic heterocycles. The van der Waals surface area contributed by atoms with Gasteiger partial charge in [-0.1, -0.05) is 24.6 Å². The van der Waals surface area contributed by atoms with E-state index in [4.69, 9.17) is 0 Å². The molecule has 16 heavy (non-hydrogen) atoms. The van der Waals surface area contributed by atoms with Crippen LogP contribution in [0.2, 0.25) is 0 Å². The molecule has 3 atom stereocenters. The first kappa shape index (κ1) is 10.3. The summed E-state index contributed by atoms with van der Waals surface area (Å²) in [5.41, 5.74) is 1.98. The molecule has 3 aliphatic carbocycles. The molecule has 0 amide bonds. The summed E-state index contributed by atoms with van der Waals surface area (Å²) in [7, 11) is 0. The highest BCUT2D eigenvalue weighted by molar-refractivity contribution is 5.91. The first-order valence-corrected chi connectivity index (χ1v) is 6.57. The van der Waals surface area contributed by atoms with Crippen LogP contribution in [0.3, 0.4) is 0 Å². The minimum Gasteiger partial charge on any atom is -0.295 e. The molecule has 0 aromatic carbocycles. The normalized spacial score (nSPS) is 42.3. The van der Waals surface area contributed by atoms with Gasteiger partial charge < -0.3 is 0 Å². The number of ketones is 1. The van der Waals surface area contributed by atoms with E-state index in [2.05, 4.69) is 19.1 Å². The summed E-state index contributed by atoms with van der Waals surface area (Å²) in [6, 6.07) is 0. The molecule has 0 spiro atoms. The van der Waals surface area contributed by atoms with Crippen molar-refractivity contribution in [1.82, 2.24) is 0 Å². The van der Waals surface area contributed by atoms with Crippen LogP contribution in [0.15, 0.2) is 23.8 Å². The van der Waals surface area contributed by atoms with Gasteiger partial charge in [-0.25, -0.2) is 0 Å². The Hall–Kier alpha value is -0.850. The Kier molecular flexibility index (Phi) is 2.31. The number of allylic oxidation sites excluding steroid dienone is 4. The van der Waals surface area contributed by atoms with Gasteiger partial charge >= 0.3 is 0 Å². The molecule has 1 heteroatoms. The lowest BCUT2D eigenvalue weighted by Crippen LogP contribution is -2.40. The van der Waals surface area contributed by atoms with E-state index in [1.807, 2.05) is 6.08 Å². The summed E-state index contributed by atoms with van der Waals surface area (Å²) in [5.74, 6) is 1.87. The Morgan fingerprint density at radius 3 is 3.06 bits per heavy atom. The second-order valence-electron chi connectivity index (χ2n) is 6.00. The number of hydrogen-bond acceptors (Lipinski definition) is 1. The Morgan fingerprint density at radius 1 is 1.31 bits per heavy atom. The van der Waals surface area contributed by atoms with Crippen LogP contribution in [0.5, 0.6) is 0 Å². The lowest BCUT2D eigenvalue weighted by atomic mass is 9.55. The number of fused-ring (bicyclic) bond motifs is 3. The van der Waals surface area contributed by atoms with E-state index in [9.17, 15) is 4.79 Å². The molecule has 0 radical (unpaired) electrons. The van der Waals surface area contributed by atoms with Gasteiger partial charge in [0.05, 0.1) is 0 Å². The molecule has 0 aromatic heterocycles. The zero-order chi connectivity index (χ0) is 11.2. The molecule has 1 fully saturated rings. The van der Waals surface area contributed by atoms with Crippen molar-refractivity contribution < 1.29 is 4.79 Å². The van der Waals surface area contributed by atoms with Crippen LogP contribution in [-0.2, 0) is 4.79 Å². The standard InChI is InChI=1S/C15H20O/c1-15-8-3-2-4-14(15)13-6-5-12(16)10-11(13)7-9-15/h2-3,10,13-14H,4-9H2,1H3/t13-,14+,15-/m1/s1. The van der Waals surface area contributed by atoms with Crippen LogP contribution in [0, 0.1) is 17.3 Å². The van der Waals surface area contributed by atoms with Gasteiger partial charge in [0.25, 0.3) is 0 Å². The summed E-state index contributed by atoms with van der Waals surface area (Å²) in [4.78, 5) is 11.5. The smallest absolute Gasteiger partial charge is 0.155 e. The lowest BCUT2D eigenvalue weighted by Gasteiger charge is -2.49. The van der Waals surface area contributed by atoms with Gasteiger partial charge in [0.1, 0.15) is 0 Å². The zero-order valence-electron chi connectivity index (χ0n) is 10.0. The average molecular weight is 216 g/mol. The maximum absolute atomic E-state index is 11.5. The molecule has 0 unspecified atom stereocenters. The van der Waals surface area contributed by atoms with E-state index in [1.54, 1.807) is 0 Å². The van der Waals surface area contributed by atoms with E-state index in [0.717, 1.165) is 25.2 Å². The molecule has 0 N–H and O–H groups in total. The molecular weight excluding hydrogens is 196 g/mol. The van der Waals surface area contributed by atoms with Crippen LogP contribution in [0.1, 0.15) is 45.4 Å². The quantitative estimate of drug-likeness (QED) is 0.565. The summed E-state index contributed by atoms with van der Waals surface area (Å²) < 4.78 is 0. The van der Waals surface area contributed by atoms with E-state index >= 15 is 0 Å². The van der Waals surface area contributed by atoms with Gasteiger partial charge in [0.2, 0.25) is 0 Å². The molecule has 0 aromatic rings. The summed E-state index contributed by atoms with van der Waals surface area (Å²) in [5, 5.41) is 0. The van der Waals surface area contributed by atoms with E-state index in [0.29, 0.717) is 17.1 Å². The van der Waals surface area contributed by atoms with E-state index < -0.39 is 0 Å². The summed E-state index contributed by atoms with van der Waals surface area (Å²) in [6.45, 7) is 2.45. The molecular formula is C15H20O. The van der Waals surface area contributed by atoms with Crippen LogP contribution >= 0.6 is 0 Å². The zero-order valence-corrected chi connectivity index (χ0v) is 10.0. The molecule has 1 nitrogen and oxygen atoms in total. The first-order valence-electron chi connectivity index (χ1n) is 6.57. The van der Waals surface area contributed by atoms with Crippen LogP contribution in [-0.4, -0.2) is 5.78 Å². The minimum absolute atomic E-state index is 0.362. The number of hydrogen-bond donors (Lipinski definition) is 0. The van der Waals surface area contributed by atoms with Gasteiger partial charge in [0.15, 0.2) is 5.78 Å². The maximum atomic E-state index is 11.5. The van der Waals surface area contributed by atoms with Crippen LogP contribution in [0.4, 0.5) is 0 Å². The monoisotopic (exact) mass is 216 g/mol. The molecule has 3 aliphatic rings. The average Bonchev–Trinajstić information content (AvgIpc) is 2.28. The number of carbonyl (C=O) groups excluding carboxylic acids is 1. The van der Waals surface area contributed by atoms with Crippen molar-refractivity contribution in [3.63, 3.8) is 0 Å². The van der Waals surface area contributed by atoms with Gasteiger partial charge in [-0.15, -0.1) is 0 Å². The fourth-order valence-electron chi connectivity index (χ4n) is 3.98. The highest BCUT2D eigenvalue weighted by Gasteiger charge is 2.44. The molecule has 0 heterocycles. The fraction of sp³-hybridized carbons (Fsp3) is 0.667. The van der Waals surface area contributed by atoms with Crippen molar-refractivity contribution in [1.29, 1.82) is 0 Å². The number of rotatable bonds is 0. The van der Waals surface area contributed by atoms with E-state index in [1.165, 1.54) is 24.8 Å². The number of carbonyl (C=O) groups is 1. The maximum Gasteiger partial charge on any atom is 0.155 e. The van der Waals surface area contributed by atoms with Crippen molar-refractivity contribution >= 4 is 5.78 Å². The topological polar surface area (TPSA) is 17.1 Å². The second kappa shape index (κ2) is 3.58. The van der Waals surface area contributed by atoms with Crippen molar-refractivity contribution in [2.45, 2.75) is 45.4 Å². The van der Waals surface area contributed by atoms with Crippen LogP contribution in [0.25, 0.3) is 0 Å². The molecule has 0 bridgehead atoms. The fourth-order valence-corrected chi connectivity index (χ4v) is 3.98. The van der Waals surface area contributed by atoms with Gasteiger partial charge in [0, 0.05) is 6.42 Å². The van der Waals surface area contributed by atoms with Gasteiger partial charge in [-0.2, -0.15) is 0 Å². The molecule has 86 valence electrons. The third kappa shape index (κ3) is 1.49. The largest absolute Gasteiger partial charge is 0.295 e. The Balaban J connectivity index is 1.94. The van der Waals surface area contributed by atoms with Crippen molar-refractivity contribution in [2.24, 2.45) is 17.3 Å². The minimum atomic E-state index is 0.362. The third-order valence-corrected chi connectivity index (χ3v) is 5.03. The lowest BCUT2D eigenvalue weighted by molar-refractivity contribution is -0.115. The second-order valence-corrected chi connectivity index (χ2v) is 6.00. The van der Waals surface area contributed by atoms with Crippen LogP contribution < -0.4 is 0 Å². The summed E-state index contributed by atoms with van der Waals surface area (Å²) >= 11 is 0. The first-order chi connectivity index (χ1) is 7.69. The molecule has 3 rings (SSSR count).